The summed E-state index contributed by atoms with van der Waals surface area (Å²) in [5.74, 6) is 0.228. The third-order valence-electron chi connectivity index (χ3n) is 3.35. The van der Waals surface area contributed by atoms with Crippen LogP contribution in [0, 0.1) is 5.92 Å². The van der Waals surface area contributed by atoms with Crippen LogP contribution in [0.1, 0.15) is 32.6 Å². The molecule has 6 heteroatoms. The fourth-order valence-corrected chi connectivity index (χ4v) is 2.85. The SMILES string of the molecule is C[C@H]1CCC[C@H]1NC(=O)CCS(=O)(=O)N(C)C. The first kappa shape index (κ1) is 14.4. The highest BCUT2D eigenvalue weighted by atomic mass is 32.2. The van der Waals surface area contributed by atoms with Gasteiger partial charge in [0.15, 0.2) is 0 Å². The molecule has 1 rings (SSSR count). The quantitative estimate of drug-likeness (QED) is 0.788. The molecule has 0 bridgehead atoms. The average molecular weight is 262 g/mol. The molecule has 1 N–H and O–H groups in total. The second kappa shape index (κ2) is 5.82. The van der Waals surface area contributed by atoms with E-state index < -0.39 is 10.0 Å². The standard InChI is InChI=1S/C11H22N2O3S/c1-9-5-4-6-10(9)12-11(14)7-8-17(15,16)13(2)3/h9-10H,4-8H2,1-3H3,(H,12,14)/t9-,10+/m0/s1. The number of rotatable bonds is 5. The van der Waals surface area contributed by atoms with Crippen molar-refractivity contribution in [2.45, 2.75) is 38.6 Å². The highest BCUT2D eigenvalue weighted by Gasteiger charge is 2.25. The molecular formula is C11H22N2O3S. The third-order valence-corrected chi connectivity index (χ3v) is 5.18. The van der Waals surface area contributed by atoms with Crippen molar-refractivity contribution in [1.29, 1.82) is 0 Å². The van der Waals surface area contributed by atoms with Crippen LogP contribution in [0.3, 0.4) is 0 Å². The van der Waals surface area contributed by atoms with Gasteiger partial charge in [-0.25, -0.2) is 12.7 Å². The van der Waals surface area contributed by atoms with Gasteiger partial charge in [-0.05, 0) is 18.8 Å². The number of carbonyl (C=O) groups excluding carboxylic acids is 1. The topological polar surface area (TPSA) is 66.5 Å². The molecule has 0 radical (unpaired) electrons. The van der Waals surface area contributed by atoms with E-state index in [1.807, 2.05) is 0 Å². The first-order valence-electron chi connectivity index (χ1n) is 6.02. The molecule has 100 valence electrons. The maximum atomic E-state index is 11.6. The molecule has 0 spiro atoms. The molecule has 1 amide bonds. The number of nitrogens with zero attached hydrogens (tertiary/aromatic N) is 1. The molecule has 0 aliphatic heterocycles. The lowest BCUT2D eigenvalue weighted by Crippen LogP contribution is -2.38. The maximum Gasteiger partial charge on any atom is 0.221 e. The van der Waals surface area contributed by atoms with E-state index >= 15 is 0 Å². The van der Waals surface area contributed by atoms with Crippen LogP contribution in [-0.4, -0.2) is 44.5 Å². The highest BCUT2D eigenvalue weighted by Crippen LogP contribution is 2.24. The molecule has 0 aromatic rings. The Bertz CT molecular complexity index is 365. The van der Waals surface area contributed by atoms with E-state index in [0.717, 1.165) is 23.6 Å². The predicted molar refractivity (Wildman–Crippen MR) is 67.0 cm³/mol. The van der Waals surface area contributed by atoms with Crippen molar-refractivity contribution in [3.8, 4) is 0 Å². The smallest absolute Gasteiger partial charge is 0.221 e. The first-order chi connectivity index (χ1) is 7.83. The molecule has 1 fully saturated rings. The lowest BCUT2D eigenvalue weighted by atomic mass is 10.1. The van der Waals surface area contributed by atoms with Crippen molar-refractivity contribution in [3.63, 3.8) is 0 Å². The monoisotopic (exact) mass is 262 g/mol. The van der Waals surface area contributed by atoms with Crippen LogP contribution in [0.5, 0.6) is 0 Å². The van der Waals surface area contributed by atoms with Gasteiger partial charge < -0.3 is 5.32 Å². The first-order valence-corrected chi connectivity index (χ1v) is 7.63. The van der Waals surface area contributed by atoms with Crippen LogP contribution in [-0.2, 0) is 14.8 Å². The minimum absolute atomic E-state index is 0.0454. The second-order valence-corrected chi connectivity index (χ2v) is 7.23. The Morgan fingerprint density at radius 1 is 1.35 bits per heavy atom. The summed E-state index contributed by atoms with van der Waals surface area (Å²) in [5, 5.41) is 2.92. The number of hydrogen-bond acceptors (Lipinski definition) is 3. The number of amides is 1. The molecule has 2 atom stereocenters. The van der Waals surface area contributed by atoms with Gasteiger partial charge in [0.25, 0.3) is 0 Å². The van der Waals surface area contributed by atoms with E-state index in [1.165, 1.54) is 14.1 Å². The van der Waals surface area contributed by atoms with Crippen LogP contribution in [0.4, 0.5) is 0 Å². The normalized spacial score (nSPS) is 25.2. The Morgan fingerprint density at radius 3 is 2.47 bits per heavy atom. The minimum Gasteiger partial charge on any atom is -0.353 e. The summed E-state index contributed by atoms with van der Waals surface area (Å²) in [7, 11) is -0.311. The van der Waals surface area contributed by atoms with Gasteiger partial charge in [0.1, 0.15) is 0 Å². The van der Waals surface area contributed by atoms with E-state index in [0.29, 0.717) is 5.92 Å². The van der Waals surface area contributed by atoms with E-state index in [4.69, 9.17) is 0 Å². The van der Waals surface area contributed by atoms with Crippen LogP contribution < -0.4 is 5.32 Å². The summed E-state index contributed by atoms with van der Waals surface area (Å²) < 4.78 is 24.1. The number of nitrogens with one attached hydrogen (secondary N) is 1. The molecule has 5 nitrogen and oxygen atoms in total. The van der Waals surface area contributed by atoms with Crippen molar-refractivity contribution >= 4 is 15.9 Å². The summed E-state index contributed by atoms with van der Waals surface area (Å²) in [4.78, 5) is 11.6. The van der Waals surface area contributed by atoms with Crippen molar-refractivity contribution in [2.75, 3.05) is 19.8 Å². The zero-order chi connectivity index (χ0) is 13.1. The minimum atomic E-state index is -3.27. The zero-order valence-corrected chi connectivity index (χ0v) is 11.6. The maximum absolute atomic E-state index is 11.6. The number of sulfonamides is 1. The number of carbonyl (C=O) groups is 1. The molecular weight excluding hydrogens is 240 g/mol. The molecule has 0 unspecified atom stereocenters. The molecule has 0 heterocycles. The van der Waals surface area contributed by atoms with Crippen molar-refractivity contribution in [2.24, 2.45) is 5.92 Å². The van der Waals surface area contributed by atoms with Crippen LogP contribution in [0.2, 0.25) is 0 Å². The lowest BCUT2D eigenvalue weighted by Gasteiger charge is -2.17. The molecule has 1 aliphatic rings. The van der Waals surface area contributed by atoms with E-state index in [9.17, 15) is 13.2 Å². The highest BCUT2D eigenvalue weighted by molar-refractivity contribution is 7.89. The van der Waals surface area contributed by atoms with Crippen LogP contribution >= 0.6 is 0 Å². The summed E-state index contributed by atoms with van der Waals surface area (Å²) in [6.45, 7) is 2.12. The van der Waals surface area contributed by atoms with Crippen LogP contribution in [0.25, 0.3) is 0 Å². The Hall–Kier alpha value is -0.620. The van der Waals surface area contributed by atoms with Gasteiger partial charge in [-0.1, -0.05) is 13.3 Å². The average Bonchev–Trinajstić information content (AvgIpc) is 2.61. The molecule has 0 aromatic heterocycles. The van der Waals surface area contributed by atoms with Gasteiger partial charge in [0, 0.05) is 26.6 Å². The van der Waals surface area contributed by atoms with Crippen molar-refractivity contribution in [3.05, 3.63) is 0 Å². The van der Waals surface area contributed by atoms with Crippen LogP contribution in [0.15, 0.2) is 0 Å². The van der Waals surface area contributed by atoms with Crippen molar-refractivity contribution < 1.29 is 13.2 Å². The van der Waals surface area contributed by atoms with E-state index in [2.05, 4.69) is 12.2 Å². The predicted octanol–water partition coefficient (Wildman–Crippen LogP) is 0.573. The fourth-order valence-electron chi connectivity index (χ4n) is 2.04. The van der Waals surface area contributed by atoms with Gasteiger partial charge in [0.05, 0.1) is 5.75 Å². The van der Waals surface area contributed by atoms with Gasteiger partial charge in [0.2, 0.25) is 15.9 Å². The summed E-state index contributed by atoms with van der Waals surface area (Å²) >= 11 is 0. The largest absolute Gasteiger partial charge is 0.353 e. The molecule has 0 saturated heterocycles. The van der Waals surface area contributed by atoms with Gasteiger partial charge in [-0.2, -0.15) is 0 Å². The second-order valence-electron chi connectivity index (χ2n) is 4.93. The Labute approximate surface area is 104 Å². The molecule has 0 aromatic carbocycles. The van der Waals surface area contributed by atoms with Gasteiger partial charge >= 0.3 is 0 Å². The molecule has 1 saturated carbocycles. The van der Waals surface area contributed by atoms with E-state index in [1.54, 1.807) is 0 Å². The van der Waals surface area contributed by atoms with Crippen molar-refractivity contribution in [1.82, 2.24) is 9.62 Å². The Morgan fingerprint density at radius 2 is 2.00 bits per heavy atom. The Balaban J connectivity index is 2.36. The third kappa shape index (κ3) is 4.27. The lowest BCUT2D eigenvalue weighted by molar-refractivity contribution is -0.121. The molecule has 17 heavy (non-hydrogen) atoms. The van der Waals surface area contributed by atoms with Gasteiger partial charge in [-0.3, -0.25) is 4.79 Å². The van der Waals surface area contributed by atoms with E-state index in [-0.39, 0.29) is 24.1 Å². The summed E-state index contributed by atoms with van der Waals surface area (Å²) in [6.07, 6.45) is 3.33. The number of hydrogen-bond donors (Lipinski definition) is 1. The Kier molecular flexibility index (Phi) is 4.94. The molecule has 1 aliphatic carbocycles. The zero-order valence-electron chi connectivity index (χ0n) is 10.8. The fraction of sp³-hybridized carbons (Fsp3) is 0.909. The van der Waals surface area contributed by atoms with Gasteiger partial charge in [-0.15, -0.1) is 0 Å². The summed E-state index contributed by atoms with van der Waals surface area (Å²) in [6, 6.07) is 0.226. The summed E-state index contributed by atoms with van der Waals surface area (Å²) in [5.41, 5.74) is 0.